The maximum atomic E-state index is 11.9. The van der Waals surface area contributed by atoms with Gasteiger partial charge in [0.2, 0.25) is 0 Å². The molecule has 1 fully saturated rings. The zero-order chi connectivity index (χ0) is 26.4. The van der Waals surface area contributed by atoms with Gasteiger partial charge in [0.05, 0.1) is 6.61 Å². The number of rotatable bonds is 8. The van der Waals surface area contributed by atoms with E-state index in [1.165, 1.54) is 6.92 Å². The second-order valence-corrected chi connectivity index (χ2v) is 8.68. The van der Waals surface area contributed by atoms with Gasteiger partial charge in [-0.25, -0.2) is 0 Å². The Morgan fingerprint density at radius 3 is 2.06 bits per heavy atom. The minimum atomic E-state index is -1.65. The summed E-state index contributed by atoms with van der Waals surface area (Å²) in [6.45, 7) is 5.96. The van der Waals surface area contributed by atoms with Crippen LogP contribution in [0.5, 0.6) is 5.75 Å². The molecule has 1 aliphatic rings. The third-order valence-corrected chi connectivity index (χ3v) is 5.82. The van der Waals surface area contributed by atoms with Crippen LogP contribution in [0, 0.1) is 0 Å². The largest absolute Gasteiger partial charge is 0.494 e. The highest BCUT2D eigenvalue weighted by atomic mass is 35.5. The average Bonchev–Trinajstić information content (AvgIpc) is 2.80. The molecule has 5 atom stereocenters. The van der Waals surface area contributed by atoms with E-state index in [-0.39, 0.29) is 0 Å². The van der Waals surface area contributed by atoms with Crippen molar-refractivity contribution >= 4 is 29.5 Å². The van der Waals surface area contributed by atoms with E-state index in [0.29, 0.717) is 23.6 Å². The van der Waals surface area contributed by atoms with Crippen LogP contribution in [0.2, 0.25) is 5.02 Å². The van der Waals surface area contributed by atoms with E-state index in [0.717, 1.165) is 30.7 Å². The first-order valence-electron chi connectivity index (χ1n) is 11.4. The van der Waals surface area contributed by atoms with Gasteiger partial charge < -0.3 is 28.8 Å². The van der Waals surface area contributed by atoms with Crippen LogP contribution in [-0.4, -0.2) is 54.2 Å². The molecule has 194 valence electrons. The van der Waals surface area contributed by atoms with Gasteiger partial charge in [-0.05, 0) is 48.2 Å². The standard InChI is InChI=1S/C26H29ClO9/c1-5-32-20-9-6-17(7-10-20)12-19-13-18(8-11-21(19)27)22-23(33-14(2)28)24(34-15(3)29)25(26(31)36-22)35-16(4)30/h6-11,13,22-26,31H,5,12H2,1-4H3. The second kappa shape index (κ2) is 12.2. The summed E-state index contributed by atoms with van der Waals surface area (Å²) >= 11 is 6.47. The molecule has 36 heavy (non-hydrogen) atoms. The molecule has 1 heterocycles. The Bertz CT molecular complexity index is 1090. The smallest absolute Gasteiger partial charge is 0.303 e. The number of aliphatic hydroxyl groups is 1. The van der Waals surface area contributed by atoms with Crippen molar-refractivity contribution in [1.82, 2.24) is 0 Å². The highest BCUT2D eigenvalue weighted by Gasteiger charge is 2.51. The Morgan fingerprint density at radius 1 is 0.889 bits per heavy atom. The van der Waals surface area contributed by atoms with Gasteiger partial charge in [-0.3, -0.25) is 14.4 Å². The van der Waals surface area contributed by atoms with Crippen LogP contribution >= 0.6 is 11.6 Å². The van der Waals surface area contributed by atoms with E-state index in [9.17, 15) is 19.5 Å². The number of carbonyl (C=O) groups excluding carboxylic acids is 3. The van der Waals surface area contributed by atoms with Crippen LogP contribution in [0.1, 0.15) is 50.5 Å². The maximum absolute atomic E-state index is 11.9. The summed E-state index contributed by atoms with van der Waals surface area (Å²) in [5, 5.41) is 11.1. The minimum absolute atomic E-state index is 0.482. The number of aliphatic hydroxyl groups excluding tert-OH is 1. The van der Waals surface area contributed by atoms with Gasteiger partial charge >= 0.3 is 17.9 Å². The van der Waals surface area contributed by atoms with Crippen molar-refractivity contribution in [2.45, 2.75) is 64.8 Å². The van der Waals surface area contributed by atoms with Crippen LogP contribution in [-0.2, 0) is 39.8 Å². The van der Waals surface area contributed by atoms with Crippen LogP contribution in [0.3, 0.4) is 0 Å². The van der Waals surface area contributed by atoms with E-state index < -0.39 is 48.6 Å². The van der Waals surface area contributed by atoms with Gasteiger partial charge in [-0.1, -0.05) is 35.9 Å². The Labute approximate surface area is 214 Å². The predicted molar refractivity (Wildman–Crippen MR) is 128 cm³/mol. The molecule has 0 bridgehead atoms. The summed E-state index contributed by atoms with van der Waals surface area (Å²) in [7, 11) is 0. The lowest BCUT2D eigenvalue weighted by molar-refractivity contribution is -0.293. The number of esters is 3. The Balaban J connectivity index is 1.96. The van der Waals surface area contributed by atoms with Gasteiger partial charge in [0.15, 0.2) is 24.6 Å². The molecule has 5 unspecified atom stereocenters. The van der Waals surface area contributed by atoms with Crippen LogP contribution in [0.4, 0.5) is 0 Å². The molecule has 0 aromatic heterocycles. The molecule has 0 aliphatic carbocycles. The molecular weight excluding hydrogens is 492 g/mol. The number of benzene rings is 2. The summed E-state index contributed by atoms with van der Waals surface area (Å²) in [6.07, 6.45) is -6.14. The fourth-order valence-electron chi connectivity index (χ4n) is 4.06. The molecule has 3 rings (SSSR count). The molecule has 9 nitrogen and oxygen atoms in total. The number of ether oxygens (including phenoxy) is 5. The summed E-state index contributed by atoms with van der Waals surface area (Å²) in [6, 6.07) is 12.7. The first kappa shape index (κ1) is 27.4. The highest BCUT2D eigenvalue weighted by molar-refractivity contribution is 6.31. The molecule has 0 amide bonds. The van der Waals surface area contributed by atoms with E-state index in [1.807, 2.05) is 31.2 Å². The SMILES string of the molecule is CCOc1ccc(Cc2cc(C3OC(O)C(OC(C)=O)C(OC(C)=O)C3OC(C)=O)ccc2Cl)cc1. The summed E-state index contributed by atoms with van der Waals surface area (Å²) < 4.78 is 27.2. The first-order valence-corrected chi connectivity index (χ1v) is 11.8. The van der Waals surface area contributed by atoms with Crippen molar-refractivity contribution in [1.29, 1.82) is 0 Å². The number of hydrogen-bond acceptors (Lipinski definition) is 9. The third-order valence-electron chi connectivity index (χ3n) is 5.45. The number of hydrogen-bond donors (Lipinski definition) is 1. The second-order valence-electron chi connectivity index (χ2n) is 8.27. The minimum Gasteiger partial charge on any atom is -0.494 e. The number of halogens is 1. The van der Waals surface area contributed by atoms with E-state index in [1.54, 1.807) is 18.2 Å². The Kier molecular flexibility index (Phi) is 9.31. The topological polar surface area (TPSA) is 118 Å². The lowest BCUT2D eigenvalue weighted by Gasteiger charge is -2.43. The van der Waals surface area contributed by atoms with Crippen molar-refractivity contribution in [3.63, 3.8) is 0 Å². The van der Waals surface area contributed by atoms with Crippen molar-refractivity contribution in [3.8, 4) is 5.75 Å². The molecule has 0 spiro atoms. The molecular formula is C26H29ClO9. The zero-order valence-corrected chi connectivity index (χ0v) is 21.2. The maximum Gasteiger partial charge on any atom is 0.303 e. The van der Waals surface area contributed by atoms with Crippen molar-refractivity contribution < 1.29 is 43.2 Å². The average molecular weight is 521 g/mol. The fraction of sp³-hybridized carbons (Fsp3) is 0.423. The lowest BCUT2D eigenvalue weighted by Crippen LogP contribution is -2.58. The molecule has 2 aromatic carbocycles. The van der Waals surface area contributed by atoms with Crippen molar-refractivity contribution in [3.05, 3.63) is 64.2 Å². The Morgan fingerprint density at radius 2 is 1.47 bits per heavy atom. The van der Waals surface area contributed by atoms with Gasteiger partial charge in [0, 0.05) is 25.8 Å². The van der Waals surface area contributed by atoms with Gasteiger partial charge in [0.25, 0.3) is 0 Å². The summed E-state index contributed by atoms with van der Waals surface area (Å²) in [5.74, 6) is -1.36. The molecule has 1 aliphatic heterocycles. The van der Waals surface area contributed by atoms with Crippen LogP contribution in [0.25, 0.3) is 0 Å². The number of carbonyl (C=O) groups is 3. The van der Waals surface area contributed by atoms with Crippen molar-refractivity contribution in [2.75, 3.05) is 6.61 Å². The monoisotopic (exact) mass is 520 g/mol. The van der Waals surface area contributed by atoms with Gasteiger partial charge in [-0.2, -0.15) is 0 Å². The molecule has 1 N–H and O–H groups in total. The fourth-order valence-corrected chi connectivity index (χ4v) is 4.24. The third kappa shape index (κ3) is 6.96. The summed E-state index contributed by atoms with van der Waals surface area (Å²) in [5.41, 5.74) is 2.25. The predicted octanol–water partition coefficient (Wildman–Crippen LogP) is 3.51. The van der Waals surface area contributed by atoms with E-state index in [4.69, 9.17) is 35.3 Å². The van der Waals surface area contributed by atoms with Crippen LogP contribution in [0.15, 0.2) is 42.5 Å². The van der Waals surface area contributed by atoms with Crippen LogP contribution < -0.4 is 4.74 Å². The molecule has 10 heteroatoms. The lowest BCUT2D eigenvalue weighted by atomic mass is 9.91. The highest BCUT2D eigenvalue weighted by Crippen LogP contribution is 2.38. The first-order chi connectivity index (χ1) is 17.1. The quantitative estimate of drug-likeness (QED) is 0.412. The molecule has 0 radical (unpaired) electrons. The molecule has 1 saturated heterocycles. The van der Waals surface area contributed by atoms with Gasteiger partial charge in [0.1, 0.15) is 11.9 Å². The van der Waals surface area contributed by atoms with E-state index >= 15 is 0 Å². The zero-order valence-electron chi connectivity index (χ0n) is 20.4. The summed E-state index contributed by atoms with van der Waals surface area (Å²) in [4.78, 5) is 35.4. The Hall–Kier alpha value is -3.14. The van der Waals surface area contributed by atoms with Gasteiger partial charge in [-0.15, -0.1) is 0 Å². The molecule has 0 saturated carbocycles. The van der Waals surface area contributed by atoms with Crippen molar-refractivity contribution in [2.24, 2.45) is 0 Å². The normalized spacial score (nSPS) is 23.4. The van der Waals surface area contributed by atoms with E-state index in [2.05, 4.69) is 0 Å². The molecule has 2 aromatic rings.